The SMILES string of the molecule is COC(=O)CC(N)CC(C)(C)OC. The molecule has 0 rings (SSSR count). The van der Waals surface area contributed by atoms with Gasteiger partial charge in [0.05, 0.1) is 19.1 Å². The van der Waals surface area contributed by atoms with Crippen molar-refractivity contribution in [3.8, 4) is 0 Å². The third-order valence-electron chi connectivity index (χ3n) is 1.96. The average molecular weight is 189 g/mol. The fourth-order valence-electron chi connectivity index (χ4n) is 1.08. The maximum atomic E-state index is 10.9. The number of ether oxygens (including phenoxy) is 2. The number of nitrogens with two attached hydrogens (primary N) is 1. The summed E-state index contributed by atoms with van der Waals surface area (Å²) in [7, 11) is 2.99. The molecule has 0 saturated carbocycles. The van der Waals surface area contributed by atoms with E-state index < -0.39 is 0 Å². The van der Waals surface area contributed by atoms with Gasteiger partial charge in [-0.2, -0.15) is 0 Å². The molecule has 0 aromatic heterocycles. The molecule has 4 heteroatoms. The van der Waals surface area contributed by atoms with Gasteiger partial charge in [-0.1, -0.05) is 0 Å². The molecule has 0 aromatic rings. The minimum Gasteiger partial charge on any atom is -0.469 e. The summed E-state index contributed by atoms with van der Waals surface area (Å²) < 4.78 is 9.70. The summed E-state index contributed by atoms with van der Waals surface area (Å²) in [6, 6.07) is -0.206. The van der Waals surface area contributed by atoms with Crippen LogP contribution in [0.5, 0.6) is 0 Å². The molecule has 0 fully saturated rings. The number of hydrogen-bond donors (Lipinski definition) is 1. The zero-order valence-electron chi connectivity index (χ0n) is 8.79. The van der Waals surface area contributed by atoms with E-state index >= 15 is 0 Å². The highest BCUT2D eigenvalue weighted by Gasteiger charge is 2.22. The lowest BCUT2D eigenvalue weighted by molar-refractivity contribution is -0.141. The first-order valence-corrected chi connectivity index (χ1v) is 4.29. The van der Waals surface area contributed by atoms with Crippen molar-refractivity contribution < 1.29 is 14.3 Å². The number of carbonyl (C=O) groups excluding carboxylic acids is 1. The quantitative estimate of drug-likeness (QED) is 0.646. The van der Waals surface area contributed by atoms with Crippen LogP contribution in [0.3, 0.4) is 0 Å². The van der Waals surface area contributed by atoms with Crippen molar-refractivity contribution in [1.29, 1.82) is 0 Å². The van der Waals surface area contributed by atoms with E-state index in [0.717, 1.165) is 0 Å². The highest BCUT2D eigenvalue weighted by Crippen LogP contribution is 2.16. The summed E-state index contributed by atoms with van der Waals surface area (Å²) in [6.45, 7) is 3.87. The lowest BCUT2D eigenvalue weighted by Crippen LogP contribution is -2.35. The summed E-state index contributed by atoms with van der Waals surface area (Å²) >= 11 is 0. The van der Waals surface area contributed by atoms with Crippen LogP contribution < -0.4 is 5.73 Å². The van der Waals surface area contributed by atoms with Crippen molar-refractivity contribution in [3.05, 3.63) is 0 Å². The highest BCUT2D eigenvalue weighted by atomic mass is 16.5. The zero-order valence-corrected chi connectivity index (χ0v) is 8.79. The molecule has 1 unspecified atom stereocenters. The van der Waals surface area contributed by atoms with Crippen LogP contribution in [0.2, 0.25) is 0 Å². The van der Waals surface area contributed by atoms with Gasteiger partial charge >= 0.3 is 5.97 Å². The smallest absolute Gasteiger partial charge is 0.307 e. The van der Waals surface area contributed by atoms with Gasteiger partial charge in [0.1, 0.15) is 0 Å². The molecule has 1 atom stereocenters. The number of hydrogen-bond acceptors (Lipinski definition) is 4. The molecule has 13 heavy (non-hydrogen) atoms. The van der Waals surface area contributed by atoms with Gasteiger partial charge in [0, 0.05) is 13.2 Å². The van der Waals surface area contributed by atoms with Gasteiger partial charge in [-0.25, -0.2) is 0 Å². The Morgan fingerprint density at radius 1 is 1.46 bits per heavy atom. The third-order valence-corrected chi connectivity index (χ3v) is 1.96. The maximum Gasteiger partial charge on any atom is 0.307 e. The zero-order chi connectivity index (χ0) is 10.5. The average Bonchev–Trinajstić information content (AvgIpc) is 2.03. The Hall–Kier alpha value is -0.610. The summed E-state index contributed by atoms with van der Waals surface area (Å²) in [6.07, 6.45) is 0.877. The second-order valence-electron chi connectivity index (χ2n) is 3.71. The minimum atomic E-state index is -0.284. The third kappa shape index (κ3) is 5.60. The molecular formula is C9H19NO3. The largest absolute Gasteiger partial charge is 0.469 e. The molecule has 2 N–H and O–H groups in total. The number of esters is 1. The Kier molecular flexibility index (Phi) is 4.95. The van der Waals surface area contributed by atoms with E-state index in [1.165, 1.54) is 7.11 Å². The molecule has 0 radical (unpaired) electrons. The normalized spacial score (nSPS) is 13.9. The van der Waals surface area contributed by atoms with Crippen LogP contribution in [0.4, 0.5) is 0 Å². The lowest BCUT2D eigenvalue weighted by atomic mass is 9.97. The first-order valence-electron chi connectivity index (χ1n) is 4.29. The molecular weight excluding hydrogens is 170 g/mol. The number of methoxy groups -OCH3 is 2. The molecule has 0 amide bonds. The fraction of sp³-hybridized carbons (Fsp3) is 0.889. The molecule has 0 aliphatic carbocycles. The summed E-state index contributed by atoms with van der Waals surface area (Å²) in [5.74, 6) is -0.278. The van der Waals surface area contributed by atoms with Crippen molar-refractivity contribution in [1.82, 2.24) is 0 Å². The Labute approximate surface area is 79.4 Å². The van der Waals surface area contributed by atoms with E-state index in [9.17, 15) is 4.79 Å². The van der Waals surface area contributed by atoms with Crippen LogP contribution in [-0.2, 0) is 14.3 Å². The summed E-state index contributed by atoms with van der Waals surface area (Å²) in [5.41, 5.74) is 5.45. The maximum absolute atomic E-state index is 10.9. The first kappa shape index (κ1) is 12.4. The van der Waals surface area contributed by atoms with Crippen molar-refractivity contribution in [2.45, 2.75) is 38.3 Å². The molecule has 78 valence electrons. The molecule has 0 aliphatic rings. The van der Waals surface area contributed by atoms with E-state index in [1.54, 1.807) is 7.11 Å². The second-order valence-corrected chi connectivity index (χ2v) is 3.71. The number of carbonyl (C=O) groups is 1. The van der Waals surface area contributed by atoms with E-state index in [0.29, 0.717) is 6.42 Å². The van der Waals surface area contributed by atoms with Crippen molar-refractivity contribution in [2.75, 3.05) is 14.2 Å². The predicted molar refractivity (Wildman–Crippen MR) is 50.3 cm³/mol. The van der Waals surface area contributed by atoms with E-state index in [1.807, 2.05) is 13.8 Å². The van der Waals surface area contributed by atoms with Crippen LogP contribution in [0.15, 0.2) is 0 Å². The predicted octanol–water partition coefficient (Wildman–Crippen LogP) is 0.692. The lowest BCUT2D eigenvalue weighted by Gasteiger charge is -2.25. The minimum absolute atomic E-state index is 0.206. The Morgan fingerprint density at radius 3 is 2.38 bits per heavy atom. The highest BCUT2D eigenvalue weighted by molar-refractivity contribution is 5.69. The Morgan fingerprint density at radius 2 is 2.00 bits per heavy atom. The molecule has 0 bridgehead atoms. The van der Waals surface area contributed by atoms with Crippen LogP contribution in [0.1, 0.15) is 26.7 Å². The van der Waals surface area contributed by atoms with Gasteiger partial charge < -0.3 is 15.2 Å². The van der Waals surface area contributed by atoms with E-state index in [2.05, 4.69) is 4.74 Å². The van der Waals surface area contributed by atoms with Gasteiger partial charge in [0.15, 0.2) is 0 Å². The van der Waals surface area contributed by atoms with Gasteiger partial charge in [0.25, 0.3) is 0 Å². The van der Waals surface area contributed by atoms with Crippen molar-refractivity contribution >= 4 is 5.97 Å². The molecule has 0 aliphatic heterocycles. The van der Waals surface area contributed by atoms with Crippen LogP contribution in [0.25, 0.3) is 0 Å². The van der Waals surface area contributed by atoms with Crippen molar-refractivity contribution in [3.63, 3.8) is 0 Å². The van der Waals surface area contributed by atoms with Crippen molar-refractivity contribution in [2.24, 2.45) is 5.73 Å². The molecule has 0 heterocycles. The van der Waals surface area contributed by atoms with Crippen LogP contribution in [0, 0.1) is 0 Å². The Bertz CT molecular complexity index is 168. The van der Waals surface area contributed by atoms with Crippen LogP contribution in [-0.4, -0.2) is 31.8 Å². The van der Waals surface area contributed by atoms with Gasteiger partial charge in [-0.15, -0.1) is 0 Å². The number of rotatable bonds is 5. The molecule has 0 saturated heterocycles. The summed E-state index contributed by atoms with van der Waals surface area (Å²) in [5, 5.41) is 0. The summed E-state index contributed by atoms with van der Waals surface area (Å²) in [4.78, 5) is 10.9. The molecule has 4 nitrogen and oxygen atoms in total. The topological polar surface area (TPSA) is 61.5 Å². The molecule has 0 spiro atoms. The van der Waals surface area contributed by atoms with Gasteiger partial charge in [-0.05, 0) is 20.3 Å². The van der Waals surface area contributed by atoms with Gasteiger partial charge in [0.2, 0.25) is 0 Å². The standard InChI is InChI=1S/C9H19NO3/c1-9(2,13-4)6-7(10)5-8(11)12-3/h7H,5-6,10H2,1-4H3. The molecule has 0 aromatic carbocycles. The van der Waals surface area contributed by atoms with E-state index in [-0.39, 0.29) is 24.0 Å². The second kappa shape index (κ2) is 5.19. The fourth-order valence-corrected chi connectivity index (χ4v) is 1.08. The Balaban J connectivity index is 3.86. The first-order chi connectivity index (χ1) is 5.91. The van der Waals surface area contributed by atoms with E-state index in [4.69, 9.17) is 10.5 Å². The monoisotopic (exact) mass is 189 g/mol. The van der Waals surface area contributed by atoms with Gasteiger partial charge in [-0.3, -0.25) is 4.79 Å². The van der Waals surface area contributed by atoms with Crippen LogP contribution >= 0.6 is 0 Å².